The van der Waals surface area contributed by atoms with Gasteiger partial charge in [-0.05, 0) is 25.7 Å². The molecule has 2 aliphatic rings. The van der Waals surface area contributed by atoms with E-state index in [1.807, 2.05) is 0 Å². The van der Waals surface area contributed by atoms with E-state index in [1.54, 1.807) is 0 Å². The summed E-state index contributed by atoms with van der Waals surface area (Å²) < 4.78 is 0.651. The van der Waals surface area contributed by atoms with Gasteiger partial charge in [-0.2, -0.15) is 0 Å². The molecule has 2 aromatic heterocycles. The van der Waals surface area contributed by atoms with E-state index in [4.69, 9.17) is 24.4 Å². The van der Waals surface area contributed by atoms with Gasteiger partial charge in [0.1, 0.15) is 18.7 Å². The van der Waals surface area contributed by atoms with Crippen LogP contribution in [0.2, 0.25) is 0 Å². The minimum atomic E-state index is -0.375. The number of aromatic nitrogens is 4. The Hall–Kier alpha value is -2.38. The van der Waals surface area contributed by atoms with Crippen LogP contribution >= 0.6 is 70.6 Å². The predicted molar refractivity (Wildman–Crippen MR) is 184 cm³/mol. The number of nitrogens with one attached hydrogen (secondary N) is 2. The van der Waals surface area contributed by atoms with Gasteiger partial charge in [0.05, 0.1) is 9.81 Å². The van der Waals surface area contributed by atoms with Crippen molar-refractivity contribution < 1.29 is 19.2 Å². The van der Waals surface area contributed by atoms with Crippen LogP contribution in [0.1, 0.15) is 75.2 Å². The maximum Gasteiger partial charge on any atom is 0.267 e. The molecule has 236 valence electrons. The molecule has 2 N–H and O–H groups in total. The molecule has 12 nitrogen and oxygen atoms in total. The van der Waals surface area contributed by atoms with Gasteiger partial charge in [0.15, 0.2) is 0 Å². The first-order valence-electron chi connectivity index (χ1n) is 14.3. The maximum absolute atomic E-state index is 13.2. The molecule has 4 heterocycles. The monoisotopic (exact) mass is 712 g/mol. The smallest absolute Gasteiger partial charge is 0.267 e. The summed E-state index contributed by atoms with van der Waals surface area (Å²) in [7, 11) is 0. The molecule has 0 saturated carbocycles. The summed E-state index contributed by atoms with van der Waals surface area (Å²) in [6.07, 6.45) is 6.92. The van der Waals surface area contributed by atoms with Crippen molar-refractivity contribution >= 4 is 113 Å². The largest absolute Gasteiger partial charge is 0.301 e. The second kappa shape index (κ2) is 16.8. The molecule has 0 atom stereocenters. The third-order valence-electron chi connectivity index (χ3n) is 6.39. The van der Waals surface area contributed by atoms with E-state index >= 15 is 0 Å². The van der Waals surface area contributed by atoms with Crippen molar-refractivity contribution in [3.05, 3.63) is 19.8 Å². The fraction of sp³-hybridized carbons (Fsp3) is 0.538. The van der Waals surface area contributed by atoms with Crippen LogP contribution in [0.25, 0.3) is 0 Å². The van der Waals surface area contributed by atoms with Crippen LogP contribution in [-0.4, -0.2) is 75.6 Å². The Morgan fingerprint density at radius 3 is 1.48 bits per heavy atom. The van der Waals surface area contributed by atoms with Gasteiger partial charge in [-0.3, -0.25) is 29.0 Å². The summed E-state index contributed by atoms with van der Waals surface area (Å²) in [4.78, 5) is 54.5. The molecular weight excluding hydrogens is 681 g/mol. The molecule has 2 saturated heterocycles. The third kappa shape index (κ3) is 9.32. The molecular formula is C26H32N8O4S6. The summed E-state index contributed by atoms with van der Waals surface area (Å²) in [5, 5.41) is 24.4. The number of unbranched alkanes of at least 4 members (excludes halogenated alkanes) is 2. The van der Waals surface area contributed by atoms with Gasteiger partial charge in [0, 0.05) is 38.8 Å². The molecule has 4 rings (SSSR count). The normalized spacial score (nSPS) is 16.9. The quantitative estimate of drug-likeness (QED) is 0.175. The number of anilines is 2. The van der Waals surface area contributed by atoms with Crippen LogP contribution < -0.4 is 10.6 Å². The standard InChI is InChI=1S/C26H32N8O4S6/c1-3-5-11-17-29-31-23(41-17)27-15(35)9-7-13-33-21(37)19(43-25(33)39)20-22(38)34(26(40)44-20)14-8-10-16(36)28-24-32-30-18(42-24)12-6-4-2/h3-14H2,1-2H3,(H,27,31,35)(H,28,32,36). The molecule has 4 amide bonds. The van der Waals surface area contributed by atoms with Crippen molar-refractivity contribution in [2.45, 2.75) is 78.1 Å². The summed E-state index contributed by atoms with van der Waals surface area (Å²) in [6.45, 7) is 4.68. The number of amides is 4. The second-order valence-electron chi connectivity index (χ2n) is 9.82. The molecule has 2 aliphatic heterocycles. The van der Waals surface area contributed by atoms with E-state index < -0.39 is 0 Å². The van der Waals surface area contributed by atoms with Gasteiger partial charge in [-0.1, -0.05) is 97.3 Å². The number of hydrogen-bond donors (Lipinski definition) is 2. The molecule has 0 aliphatic carbocycles. The van der Waals surface area contributed by atoms with Crippen molar-refractivity contribution in [3.63, 3.8) is 0 Å². The maximum atomic E-state index is 13.2. The lowest BCUT2D eigenvalue weighted by Gasteiger charge is -2.14. The summed E-state index contributed by atoms with van der Waals surface area (Å²) >= 11 is 15.7. The minimum Gasteiger partial charge on any atom is -0.301 e. The zero-order valence-corrected chi connectivity index (χ0v) is 29.2. The van der Waals surface area contributed by atoms with Gasteiger partial charge in [0.2, 0.25) is 22.1 Å². The zero-order valence-electron chi connectivity index (χ0n) is 24.3. The van der Waals surface area contributed by atoms with E-state index in [0.717, 1.165) is 72.1 Å². The molecule has 18 heteroatoms. The molecule has 0 unspecified atom stereocenters. The van der Waals surface area contributed by atoms with E-state index in [2.05, 4.69) is 44.9 Å². The Balaban J connectivity index is 1.23. The number of carbonyl (C=O) groups is 4. The first kappa shape index (κ1) is 34.5. The van der Waals surface area contributed by atoms with Gasteiger partial charge in [-0.25, -0.2) is 0 Å². The Bertz CT molecular complexity index is 1350. The lowest BCUT2D eigenvalue weighted by molar-refractivity contribution is -0.124. The number of rotatable bonds is 16. The van der Waals surface area contributed by atoms with Gasteiger partial charge < -0.3 is 10.6 Å². The van der Waals surface area contributed by atoms with Crippen molar-refractivity contribution in [1.29, 1.82) is 0 Å². The van der Waals surface area contributed by atoms with Gasteiger partial charge >= 0.3 is 0 Å². The lowest BCUT2D eigenvalue weighted by Crippen LogP contribution is -2.31. The molecule has 2 aromatic rings. The second-order valence-corrected chi connectivity index (χ2v) is 15.2. The lowest BCUT2D eigenvalue weighted by atomic mass is 10.2. The highest BCUT2D eigenvalue weighted by Crippen LogP contribution is 2.42. The number of hydrogen-bond acceptors (Lipinski definition) is 14. The fourth-order valence-corrected chi connectivity index (χ4v) is 8.45. The number of carbonyl (C=O) groups excluding carboxylic acids is 4. The van der Waals surface area contributed by atoms with Crippen LogP contribution in [0.5, 0.6) is 0 Å². The zero-order chi connectivity index (χ0) is 31.6. The van der Waals surface area contributed by atoms with Crippen LogP contribution in [-0.2, 0) is 32.0 Å². The first-order chi connectivity index (χ1) is 21.2. The average Bonchev–Trinajstić information content (AvgIpc) is 3.76. The van der Waals surface area contributed by atoms with E-state index in [-0.39, 0.29) is 59.4 Å². The number of nitrogens with zero attached hydrogens (tertiary/aromatic N) is 6. The predicted octanol–water partition coefficient (Wildman–Crippen LogP) is 5.14. The summed E-state index contributed by atoms with van der Waals surface area (Å²) in [5.41, 5.74) is 0. The Morgan fingerprint density at radius 2 is 1.09 bits per heavy atom. The average molecular weight is 713 g/mol. The van der Waals surface area contributed by atoms with Crippen molar-refractivity contribution in [2.24, 2.45) is 0 Å². The Morgan fingerprint density at radius 1 is 0.682 bits per heavy atom. The third-order valence-corrected chi connectivity index (χ3v) is 11.2. The number of thioether (sulfide) groups is 2. The van der Waals surface area contributed by atoms with Crippen LogP contribution in [0.3, 0.4) is 0 Å². The highest BCUT2D eigenvalue weighted by molar-refractivity contribution is 8.29. The Kier molecular flexibility index (Phi) is 13.2. The van der Waals surface area contributed by atoms with Crippen LogP contribution in [0.15, 0.2) is 9.81 Å². The molecule has 0 bridgehead atoms. The summed E-state index contributed by atoms with van der Waals surface area (Å²) in [6, 6.07) is 0. The fourth-order valence-electron chi connectivity index (χ4n) is 4.08. The summed E-state index contributed by atoms with van der Waals surface area (Å²) in [5.74, 6) is -1.19. The van der Waals surface area contributed by atoms with Crippen molar-refractivity contribution in [2.75, 3.05) is 23.7 Å². The number of thiocarbonyl (C=S) groups is 2. The SMILES string of the molecule is CCCCc1nnc(NC(=O)CCCN2C(=O)C(=C3SC(=S)N(CCCC(=O)Nc4nnc(CCCC)s4)C3=O)SC2=S)s1. The highest BCUT2D eigenvalue weighted by Gasteiger charge is 2.41. The molecule has 0 aromatic carbocycles. The van der Waals surface area contributed by atoms with Crippen LogP contribution in [0.4, 0.5) is 10.3 Å². The van der Waals surface area contributed by atoms with E-state index in [1.165, 1.54) is 32.5 Å². The van der Waals surface area contributed by atoms with Crippen molar-refractivity contribution in [3.8, 4) is 0 Å². The highest BCUT2D eigenvalue weighted by atomic mass is 32.2. The molecule has 2 fully saturated rings. The van der Waals surface area contributed by atoms with E-state index in [9.17, 15) is 19.2 Å². The minimum absolute atomic E-state index is 0.172. The van der Waals surface area contributed by atoms with E-state index in [0.29, 0.717) is 31.7 Å². The molecule has 0 spiro atoms. The number of aryl methyl sites for hydroxylation is 2. The van der Waals surface area contributed by atoms with Crippen LogP contribution in [0, 0.1) is 0 Å². The topological polar surface area (TPSA) is 150 Å². The van der Waals surface area contributed by atoms with Gasteiger partial charge in [0.25, 0.3) is 11.8 Å². The molecule has 0 radical (unpaired) electrons. The van der Waals surface area contributed by atoms with Gasteiger partial charge in [-0.15, -0.1) is 20.4 Å². The Labute approximate surface area is 282 Å². The first-order valence-corrected chi connectivity index (χ1v) is 18.3. The molecule has 44 heavy (non-hydrogen) atoms. The van der Waals surface area contributed by atoms with Crippen molar-refractivity contribution in [1.82, 2.24) is 30.2 Å².